The molecule has 2 N–H and O–H groups in total. The molecule has 0 unspecified atom stereocenters. The van der Waals surface area contributed by atoms with E-state index in [4.69, 9.17) is 10.7 Å². The maximum atomic E-state index is 13.5. The molecule has 0 amide bonds. The molecule has 0 aliphatic rings. The molecule has 0 fully saturated rings. The van der Waals surface area contributed by atoms with Crippen molar-refractivity contribution in [1.29, 1.82) is 0 Å². The number of hydrogen-bond acceptors (Lipinski definition) is 7. The lowest BCUT2D eigenvalue weighted by molar-refractivity contribution is 0.493. The number of nitrogen functional groups attached to an aromatic ring is 1. The Kier molecular flexibility index (Phi) is 7.49. The summed E-state index contributed by atoms with van der Waals surface area (Å²) in [6.45, 7) is 4.53. The maximum Gasteiger partial charge on any atom is 0.332 e. The molecule has 0 aliphatic carbocycles. The molecule has 0 radical (unpaired) electrons. The van der Waals surface area contributed by atoms with E-state index in [1.54, 1.807) is 23.1 Å². The first-order valence-electron chi connectivity index (χ1n) is 11.3. The number of nitrogens with zero attached hydrogens (tertiary/aromatic N) is 6. The Labute approximate surface area is 211 Å². The lowest BCUT2D eigenvalue weighted by Crippen LogP contribution is -2.43. The summed E-state index contributed by atoms with van der Waals surface area (Å²) < 4.78 is 17.6. The van der Waals surface area contributed by atoms with E-state index in [1.165, 1.54) is 41.8 Å². The number of halogens is 1. The zero-order valence-corrected chi connectivity index (χ0v) is 20.9. The zero-order valence-electron chi connectivity index (χ0n) is 20.1. The molecule has 0 aliphatic heterocycles. The van der Waals surface area contributed by atoms with Crippen LogP contribution in [0.4, 0.5) is 10.2 Å². The second kappa shape index (κ2) is 10.7. The first-order valence-corrected chi connectivity index (χ1v) is 12.1. The Balaban J connectivity index is 1.77. The van der Waals surface area contributed by atoms with Gasteiger partial charge in [0.25, 0.3) is 5.56 Å². The molecule has 0 bridgehead atoms. The van der Waals surface area contributed by atoms with Crippen LogP contribution in [0.15, 0.2) is 80.7 Å². The molecule has 0 saturated carbocycles. The smallest absolute Gasteiger partial charge is 0.332 e. The Bertz CT molecular complexity index is 1490. The quantitative estimate of drug-likeness (QED) is 0.233. The van der Waals surface area contributed by atoms with E-state index in [0.29, 0.717) is 16.5 Å². The van der Waals surface area contributed by atoms with Crippen LogP contribution in [0.2, 0.25) is 0 Å². The SMILES string of the molecule is CC(C)Cn1c(N)c(C(=NCc2ccc(-n3cncn3)cc2)Sc2ccc(F)cc2)c(=O)n(C)c1=O. The van der Waals surface area contributed by atoms with Crippen molar-refractivity contribution < 1.29 is 4.39 Å². The second-order valence-electron chi connectivity index (χ2n) is 8.60. The first-order chi connectivity index (χ1) is 17.2. The number of benzene rings is 2. The highest BCUT2D eigenvalue weighted by Gasteiger charge is 2.21. The molecule has 4 aromatic rings. The molecule has 0 saturated heterocycles. The highest BCUT2D eigenvalue weighted by molar-refractivity contribution is 8.14. The number of thioether (sulfide) groups is 1. The lowest BCUT2D eigenvalue weighted by atomic mass is 10.2. The van der Waals surface area contributed by atoms with Crippen LogP contribution in [-0.4, -0.2) is 28.9 Å². The third-order valence-corrected chi connectivity index (χ3v) is 6.43. The van der Waals surface area contributed by atoms with Crippen molar-refractivity contribution in [3.63, 3.8) is 0 Å². The van der Waals surface area contributed by atoms with E-state index in [2.05, 4.69) is 10.1 Å². The van der Waals surface area contributed by atoms with E-state index in [9.17, 15) is 14.0 Å². The van der Waals surface area contributed by atoms with Crippen LogP contribution in [0.3, 0.4) is 0 Å². The van der Waals surface area contributed by atoms with Gasteiger partial charge in [0.15, 0.2) is 0 Å². The van der Waals surface area contributed by atoms with E-state index in [-0.39, 0.29) is 29.7 Å². The molecule has 2 heterocycles. The van der Waals surface area contributed by atoms with Gasteiger partial charge in [-0.25, -0.2) is 18.9 Å². The van der Waals surface area contributed by atoms with Crippen LogP contribution in [0.1, 0.15) is 25.0 Å². The fraction of sp³-hybridized carbons (Fsp3) is 0.240. The van der Waals surface area contributed by atoms with Gasteiger partial charge in [-0.2, -0.15) is 5.10 Å². The van der Waals surface area contributed by atoms with Crippen molar-refractivity contribution in [1.82, 2.24) is 23.9 Å². The molecule has 0 spiro atoms. The van der Waals surface area contributed by atoms with Crippen LogP contribution >= 0.6 is 11.8 Å². The fourth-order valence-corrected chi connectivity index (χ4v) is 4.48. The van der Waals surface area contributed by atoms with Crippen LogP contribution in [0.25, 0.3) is 5.69 Å². The third-order valence-electron chi connectivity index (χ3n) is 5.40. The Morgan fingerprint density at radius 3 is 2.42 bits per heavy atom. The molecular weight excluding hydrogens is 481 g/mol. The van der Waals surface area contributed by atoms with E-state index in [1.807, 2.05) is 38.1 Å². The molecule has 2 aromatic carbocycles. The highest BCUT2D eigenvalue weighted by Crippen LogP contribution is 2.26. The van der Waals surface area contributed by atoms with E-state index in [0.717, 1.165) is 15.8 Å². The lowest BCUT2D eigenvalue weighted by Gasteiger charge is -2.17. The Morgan fingerprint density at radius 1 is 1.11 bits per heavy atom. The summed E-state index contributed by atoms with van der Waals surface area (Å²) in [4.78, 5) is 35.4. The van der Waals surface area contributed by atoms with Crippen molar-refractivity contribution in [2.75, 3.05) is 5.73 Å². The standard InChI is InChI=1S/C25H26FN7O2S/c1-16(2)13-32-22(27)21(24(34)31(3)25(32)35)23(36-20-10-6-18(26)7-11-20)29-12-17-4-8-19(9-5-17)33-15-28-14-30-33/h4-11,14-16H,12-13,27H2,1-3H3. The van der Waals surface area contributed by atoms with Crippen LogP contribution in [0, 0.1) is 11.7 Å². The fourth-order valence-electron chi connectivity index (χ4n) is 3.56. The molecule has 0 atom stereocenters. The molecule has 4 rings (SSSR count). The average Bonchev–Trinajstić information content (AvgIpc) is 3.40. The van der Waals surface area contributed by atoms with Crippen molar-refractivity contribution >= 4 is 22.6 Å². The van der Waals surface area contributed by atoms with Gasteiger partial charge < -0.3 is 5.73 Å². The van der Waals surface area contributed by atoms with E-state index >= 15 is 0 Å². The number of rotatable bonds is 7. The summed E-state index contributed by atoms with van der Waals surface area (Å²) in [5.74, 6) is -0.179. The number of hydrogen-bond donors (Lipinski definition) is 1. The highest BCUT2D eigenvalue weighted by atomic mass is 32.2. The summed E-state index contributed by atoms with van der Waals surface area (Å²) in [6.07, 6.45) is 3.07. The maximum absolute atomic E-state index is 13.5. The van der Waals surface area contributed by atoms with Gasteiger partial charge in [-0.05, 0) is 47.9 Å². The second-order valence-corrected chi connectivity index (χ2v) is 9.66. The van der Waals surface area contributed by atoms with Crippen molar-refractivity contribution in [3.05, 3.63) is 99.0 Å². The topological polar surface area (TPSA) is 113 Å². The molecular formula is C25H26FN7O2S. The first kappa shape index (κ1) is 25.1. The minimum Gasteiger partial charge on any atom is -0.384 e. The van der Waals surface area contributed by atoms with E-state index < -0.39 is 11.2 Å². The van der Waals surface area contributed by atoms with Crippen LogP contribution < -0.4 is 17.0 Å². The van der Waals surface area contributed by atoms with Gasteiger partial charge in [-0.1, -0.05) is 37.7 Å². The van der Waals surface area contributed by atoms with Crippen LogP contribution in [-0.2, 0) is 20.1 Å². The molecule has 9 nitrogen and oxygen atoms in total. The summed E-state index contributed by atoms with van der Waals surface area (Å²) in [6, 6.07) is 13.5. The Morgan fingerprint density at radius 2 is 1.81 bits per heavy atom. The summed E-state index contributed by atoms with van der Waals surface area (Å²) in [5.41, 5.74) is 7.27. The number of nitrogens with two attached hydrogens (primary N) is 1. The molecule has 2 aromatic heterocycles. The van der Waals surface area contributed by atoms with Gasteiger partial charge >= 0.3 is 5.69 Å². The van der Waals surface area contributed by atoms with Gasteiger partial charge in [0.1, 0.15) is 34.9 Å². The van der Waals surface area contributed by atoms with Crippen LogP contribution in [0.5, 0.6) is 0 Å². The molecule has 11 heteroatoms. The van der Waals surface area contributed by atoms with Gasteiger partial charge in [-0.3, -0.25) is 18.9 Å². The average molecular weight is 508 g/mol. The number of aromatic nitrogens is 5. The molecule has 36 heavy (non-hydrogen) atoms. The largest absolute Gasteiger partial charge is 0.384 e. The third kappa shape index (κ3) is 5.46. The minimum atomic E-state index is -0.535. The predicted octanol–water partition coefficient (Wildman–Crippen LogP) is 3.24. The predicted molar refractivity (Wildman–Crippen MR) is 139 cm³/mol. The summed E-state index contributed by atoms with van der Waals surface area (Å²) in [5, 5.41) is 4.46. The minimum absolute atomic E-state index is 0.0618. The van der Waals surface area contributed by atoms with Crippen molar-refractivity contribution in [3.8, 4) is 5.69 Å². The zero-order chi connectivity index (χ0) is 25.8. The number of anilines is 1. The summed E-state index contributed by atoms with van der Waals surface area (Å²) >= 11 is 1.19. The molecule has 186 valence electrons. The summed E-state index contributed by atoms with van der Waals surface area (Å²) in [7, 11) is 1.42. The normalized spacial score (nSPS) is 11.9. The van der Waals surface area contributed by atoms with Gasteiger partial charge in [0.05, 0.1) is 12.2 Å². The van der Waals surface area contributed by atoms with Gasteiger partial charge in [0, 0.05) is 18.5 Å². The number of aliphatic imine (C=N–C) groups is 1. The monoisotopic (exact) mass is 507 g/mol. The van der Waals surface area contributed by atoms with Gasteiger partial charge in [-0.15, -0.1) is 0 Å². The Hall–Kier alpha value is -3.99. The van der Waals surface area contributed by atoms with Gasteiger partial charge in [0.2, 0.25) is 0 Å². The van der Waals surface area contributed by atoms with Crippen molar-refractivity contribution in [2.45, 2.75) is 31.8 Å². The van der Waals surface area contributed by atoms with Crippen molar-refractivity contribution in [2.24, 2.45) is 18.0 Å².